The number of nitrogens with two attached hydrogens (primary N) is 1. The second-order valence-electron chi connectivity index (χ2n) is 5.10. The van der Waals surface area contributed by atoms with E-state index in [4.69, 9.17) is 5.73 Å². The van der Waals surface area contributed by atoms with Crippen LogP contribution in [0.4, 0.5) is 0 Å². The van der Waals surface area contributed by atoms with Crippen molar-refractivity contribution in [1.82, 2.24) is 9.80 Å². The summed E-state index contributed by atoms with van der Waals surface area (Å²) < 4.78 is 0. The molecule has 0 saturated carbocycles. The van der Waals surface area contributed by atoms with Crippen LogP contribution in [0.25, 0.3) is 0 Å². The highest BCUT2D eigenvalue weighted by Gasteiger charge is 2.16. The zero-order valence-electron chi connectivity index (χ0n) is 12.4. The van der Waals surface area contributed by atoms with Crippen LogP contribution in [0.1, 0.15) is 18.4 Å². The van der Waals surface area contributed by atoms with Gasteiger partial charge in [-0.3, -0.25) is 4.90 Å². The Morgan fingerprint density at radius 1 is 0.810 bits per heavy atom. The lowest BCUT2D eigenvalue weighted by molar-refractivity contribution is 0.126. The van der Waals surface area contributed by atoms with Crippen LogP contribution in [-0.4, -0.2) is 49.1 Å². The summed E-state index contributed by atoms with van der Waals surface area (Å²) in [5.74, 6) is 0. The molecule has 1 fully saturated rings. The van der Waals surface area contributed by atoms with Crippen LogP contribution in [-0.2, 0) is 6.54 Å². The highest BCUT2D eigenvalue weighted by molar-refractivity contribution is 5.86. The smallest absolute Gasteiger partial charge is 0.0234 e. The molecule has 0 atom stereocenters. The number of piperazine rings is 1. The minimum atomic E-state index is 0. The summed E-state index contributed by atoms with van der Waals surface area (Å²) >= 11 is 0. The van der Waals surface area contributed by atoms with E-state index in [2.05, 4.69) is 40.1 Å². The Hall–Kier alpha value is -0.0300. The third-order valence-corrected chi connectivity index (χ3v) is 3.64. The summed E-state index contributed by atoms with van der Waals surface area (Å²) in [6.07, 6.45) is 2.40. The Morgan fingerprint density at radius 3 is 1.95 bits per heavy atom. The molecule has 1 aliphatic heterocycles. The van der Waals surface area contributed by atoms with Crippen LogP contribution in [0.15, 0.2) is 30.3 Å². The summed E-state index contributed by atoms with van der Waals surface area (Å²) in [6.45, 7) is 7.94. The van der Waals surface area contributed by atoms with Crippen LogP contribution in [0.3, 0.4) is 0 Å². The van der Waals surface area contributed by atoms with E-state index in [1.165, 1.54) is 44.7 Å². The predicted octanol–water partition coefficient (Wildman–Crippen LogP) is 2.81. The first-order chi connectivity index (χ1) is 8.88. The van der Waals surface area contributed by atoms with E-state index in [1.807, 2.05) is 0 Å². The fraction of sp³-hybridized carbons (Fsp3) is 0.600. The SMILES string of the molecule is Cl.Cl.Cl.NCCCCN1CCN(Cc2ccccc2)CC1. The van der Waals surface area contributed by atoms with Crippen LogP contribution >= 0.6 is 37.2 Å². The molecule has 2 N–H and O–H groups in total. The van der Waals surface area contributed by atoms with Crippen LogP contribution in [0.2, 0.25) is 0 Å². The number of rotatable bonds is 6. The standard InChI is InChI=1S/C15H25N3.3ClH/c16-8-4-5-9-17-10-12-18(13-11-17)14-15-6-2-1-3-7-15;;;/h1-3,6-7H,4-5,8-14,16H2;3*1H. The number of hydrogen-bond donors (Lipinski definition) is 1. The van der Waals surface area contributed by atoms with E-state index in [0.717, 1.165) is 19.5 Å². The van der Waals surface area contributed by atoms with Gasteiger partial charge in [0.2, 0.25) is 0 Å². The minimum Gasteiger partial charge on any atom is -0.330 e. The predicted molar refractivity (Wildman–Crippen MR) is 98.2 cm³/mol. The van der Waals surface area contributed by atoms with E-state index in [1.54, 1.807) is 0 Å². The topological polar surface area (TPSA) is 32.5 Å². The van der Waals surface area contributed by atoms with Gasteiger partial charge in [-0.2, -0.15) is 0 Å². The molecule has 0 radical (unpaired) electrons. The molecular formula is C15H28Cl3N3. The highest BCUT2D eigenvalue weighted by atomic mass is 35.5. The van der Waals surface area contributed by atoms with Gasteiger partial charge in [0.25, 0.3) is 0 Å². The van der Waals surface area contributed by atoms with Crippen molar-refractivity contribution in [2.45, 2.75) is 19.4 Å². The van der Waals surface area contributed by atoms with Crippen molar-refractivity contribution in [3.63, 3.8) is 0 Å². The van der Waals surface area contributed by atoms with E-state index in [0.29, 0.717) is 0 Å². The minimum absolute atomic E-state index is 0. The first-order valence-electron chi connectivity index (χ1n) is 7.07. The van der Waals surface area contributed by atoms with Crippen molar-refractivity contribution in [1.29, 1.82) is 0 Å². The zero-order valence-corrected chi connectivity index (χ0v) is 14.9. The molecule has 1 aromatic rings. The molecule has 0 aliphatic carbocycles. The molecule has 21 heavy (non-hydrogen) atoms. The average Bonchev–Trinajstić information content (AvgIpc) is 2.42. The van der Waals surface area contributed by atoms with E-state index < -0.39 is 0 Å². The van der Waals surface area contributed by atoms with Crippen molar-refractivity contribution < 1.29 is 0 Å². The summed E-state index contributed by atoms with van der Waals surface area (Å²) in [5.41, 5.74) is 6.95. The Bertz CT molecular complexity index is 330. The van der Waals surface area contributed by atoms with Crippen molar-refractivity contribution in [3.05, 3.63) is 35.9 Å². The second-order valence-corrected chi connectivity index (χ2v) is 5.10. The first kappa shape index (κ1) is 23.2. The maximum atomic E-state index is 5.53. The van der Waals surface area contributed by atoms with Gasteiger partial charge in [-0.15, -0.1) is 37.2 Å². The van der Waals surface area contributed by atoms with E-state index >= 15 is 0 Å². The number of hydrogen-bond acceptors (Lipinski definition) is 3. The lowest BCUT2D eigenvalue weighted by atomic mass is 10.2. The molecule has 0 spiro atoms. The highest BCUT2D eigenvalue weighted by Crippen LogP contribution is 2.08. The van der Waals surface area contributed by atoms with Gasteiger partial charge in [0.1, 0.15) is 0 Å². The molecule has 124 valence electrons. The van der Waals surface area contributed by atoms with Crippen LogP contribution in [0, 0.1) is 0 Å². The summed E-state index contributed by atoms with van der Waals surface area (Å²) in [7, 11) is 0. The fourth-order valence-electron chi connectivity index (χ4n) is 2.49. The molecule has 0 aromatic heterocycles. The van der Waals surface area contributed by atoms with Gasteiger partial charge in [0.05, 0.1) is 0 Å². The molecule has 0 bridgehead atoms. The Balaban J connectivity index is 0. The van der Waals surface area contributed by atoms with Gasteiger partial charge < -0.3 is 10.6 Å². The van der Waals surface area contributed by atoms with E-state index in [9.17, 15) is 0 Å². The summed E-state index contributed by atoms with van der Waals surface area (Å²) in [6, 6.07) is 10.8. The normalized spacial score (nSPS) is 15.5. The van der Waals surface area contributed by atoms with Crippen molar-refractivity contribution in [3.8, 4) is 0 Å². The van der Waals surface area contributed by atoms with E-state index in [-0.39, 0.29) is 37.2 Å². The molecule has 0 amide bonds. The zero-order chi connectivity index (χ0) is 12.6. The average molecular weight is 357 g/mol. The number of nitrogens with zero attached hydrogens (tertiary/aromatic N) is 2. The molecule has 3 nitrogen and oxygen atoms in total. The Labute approximate surface area is 147 Å². The number of unbranched alkanes of at least 4 members (excludes halogenated alkanes) is 1. The van der Waals surface area contributed by atoms with Gasteiger partial charge in [0, 0.05) is 32.7 Å². The largest absolute Gasteiger partial charge is 0.330 e. The maximum Gasteiger partial charge on any atom is 0.0234 e. The van der Waals surface area contributed by atoms with Crippen molar-refractivity contribution in [2.75, 3.05) is 39.3 Å². The molecule has 1 heterocycles. The lowest BCUT2D eigenvalue weighted by Gasteiger charge is -2.34. The Morgan fingerprint density at radius 2 is 1.38 bits per heavy atom. The number of halogens is 3. The van der Waals surface area contributed by atoms with Crippen molar-refractivity contribution >= 4 is 37.2 Å². The van der Waals surface area contributed by atoms with Gasteiger partial charge in [-0.1, -0.05) is 30.3 Å². The fourth-order valence-corrected chi connectivity index (χ4v) is 2.49. The van der Waals surface area contributed by atoms with Crippen LogP contribution < -0.4 is 5.73 Å². The first-order valence-corrected chi connectivity index (χ1v) is 7.07. The second kappa shape index (κ2) is 13.6. The monoisotopic (exact) mass is 355 g/mol. The van der Waals surface area contributed by atoms with Gasteiger partial charge in [-0.25, -0.2) is 0 Å². The van der Waals surface area contributed by atoms with Gasteiger partial charge in [-0.05, 0) is 31.5 Å². The van der Waals surface area contributed by atoms with Gasteiger partial charge >= 0.3 is 0 Å². The van der Waals surface area contributed by atoms with Crippen molar-refractivity contribution in [2.24, 2.45) is 5.73 Å². The van der Waals surface area contributed by atoms with Gasteiger partial charge in [0.15, 0.2) is 0 Å². The molecule has 1 aliphatic rings. The third-order valence-electron chi connectivity index (χ3n) is 3.64. The maximum absolute atomic E-state index is 5.53. The molecule has 6 heteroatoms. The lowest BCUT2D eigenvalue weighted by Crippen LogP contribution is -2.46. The molecular weight excluding hydrogens is 329 g/mol. The summed E-state index contributed by atoms with van der Waals surface area (Å²) in [4.78, 5) is 5.12. The molecule has 1 aromatic carbocycles. The Kier molecular flexibility index (Phi) is 15.1. The summed E-state index contributed by atoms with van der Waals surface area (Å²) in [5, 5.41) is 0. The molecule has 2 rings (SSSR count). The number of benzene rings is 1. The molecule has 1 saturated heterocycles. The third kappa shape index (κ3) is 8.87. The van der Waals surface area contributed by atoms with Crippen LogP contribution in [0.5, 0.6) is 0 Å². The quantitative estimate of drug-likeness (QED) is 0.796. The molecule has 0 unspecified atom stereocenters.